The second kappa shape index (κ2) is 7.68. The van der Waals surface area contributed by atoms with Gasteiger partial charge < -0.3 is 19.5 Å². The van der Waals surface area contributed by atoms with Crippen LogP contribution in [-0.4, -0.2) is 39.8 Å². The van der Waals surface area contributed by atoms with E-state index in [1.54, 1.807) is 25.2 Å². The number of rotatable bonds is 6. The number of aromatic nitrogens is 4. The molecule has 140 valence electrons. The zero-order chi connectivity index (χ0) is 19.4. The highest BCUT2D eigenvalue weighted by molar-refractivity contribution is 6.04. The van der Waals surface area contributed by atoms with Crippen molar-refractivity contribution in [2.75, 3.05) is 24.4 Å². The number of methoxy groups -OCH3 is 1. The summed E-state index contributed by atoms with van der Waals surface area (Å²) < 4.78 is 11.1. The molecule has 0 radical (unpaired) electrons. The number of anilines is 2. The Morgan fingerprint density at radius 3 is 2.85 bits per heavy atom. The van der Waals surface area contributed by atoms with Crippen LogP contribution in [0.2, 0.25) is 0 Å². The molecule has 0 spiro atoms. The van der Waals surface area contributed by atoms with E-state index in [1.807, 2.05) is 18.2 Å². The molecule has 10 heteroatoms. The number of hydrogen-bond donors (Lipinski definition) is 1. The molecule has 0 aliphatic carbocycles. The lowest BCUT2D eigenvalue weighted by atomic mass is 10.3. The molecule has 27 heavy (non-hydrogen) atoms. The summed E-state index contributed by atoms with van der Waals surface area (Å²) in [5, 5.41) is 6.07. The number of carbonyl (C=O) groups is 1. The van der Waals surface area contributed by atoms with Gasteiger partial charge in [0.1, 0.15) is 12.0 Å². The molecule has 0 bridgehead atoms. The first-order valence-electron chi connectivity index (χ1n) is 7.98. The fraction of sp³-hybridized carbons (Fsp3) is 0.235. The third-order valence-electron chi connectivity index (χ3n) is 3.80. The highest BCUT2D eigenvalue weighted by Gasteiger charge is 2.23. The van der Waals surface area contributed by atoms with E-state index >= 15 is 0 Å². The molecule has 0 fully saturated rings. The lowest BCUT2D eigenvalue weighted by Crippen LogP contribution is -2.32. The van der Waals surface area contributed by atoms with Gasteiger partial charge in [-0.3, -0.25) is 19.1 Å². The van der Waals surface area contributed by atoms with Crippen molar-refractivity contribution in [3.05, 3.63) is 58.6 Å². The minimum atomic E-state index is -0.611. The van der Waals surface area contributed by atoms with Gasteiger partial charge in [-0.25, -0.2) is 4.98 Å². The second-order valence-electron chi connectivity index (χ2n) is 5.70. The third-order valence-corrected chi connectivity index (χ3v) is 3.80. The van der Waals surface area contributed by atoms with Gasteiger partial charge in [0.25, 0.3) is 11.5 Å². The summed E-state index contributed by atoms with van der Waals surface area (Å²) in [4.78, 5) is 35.6. The lowest BCUT2D eigenvalue weighted by Gasteiger charge is -2.21. The zero-order valence-corrected chi connectivity index (χ0v) is 15.0. The Bertz CT molecular complexity index is 985. The summed E-state index contributed by atoms with van der Waals surface area (Å²) in [5.41, 5.74) is 0.518. The van der Waals surface area contributed by atoms with Crippen molar-refractivity contribution in [1.29, 1.82) is 0 Å². The van der Waals surface area contributed by atoms with Gasteiger partial charge in [-0.2, -0.15) is 0 Å². The van der Waals surface area contributed by atoms with Crippen LogP contribution >= 0.6 is 0 Å². The van der Waals surface area contributed by atoms with E-state index in [9.17, 15) is 9.59 Å². The molecule has 0 atom stereocenters. The Balaban J connectivity index is 1.98. The summed E-state index contributed by atoms with van der Waals surface area (Å²) in [6, 6.07) is 5.55. The fourth-order valence-electron chi connectivity index (χ4n) is 2.51. The molecule has 0 saturated carbocycles. The van der Waals surface area contributed by atoms with Crippen LogP contribution in [0.15, 0.2) is 46.2 Å². The molecule has 0 aliphatic heterocycles. The van der Waals surface area contributed by atoms with Crippen LogP contribution in [0.4, 0.5) is 11.6 Å². The Morgan fingerprint density at radius 2 is 2.22 bits per heavy atom. The molecule has 0 aromatic carbocycles. The van der Waals surface area contributed by atoms with Gasteiger partial charge in [0, 0.05) is 20.3 Å². The van der Waals surface area contributed by atoms with Crippen molar-refractivity contribution in [3.63, 3.8) is 0 Å². The number of ether oxygens (including phenoxy) is 1. The van der Waals surface area contributed by atoms with Gasteiger partial charge in [0.2, 0.25) is 11.7 Å². The van der Waals surface area contributed by atoms with Gasteiger partial charge in [-0.15, -0.1) is 0 Å². The smallest absolute Gasteiger partial charge is 0.297 e. The molecule has 3 aromatic rings. The summed E-state index contributed by atoms with van der Waals surface area (Å²) >= 11 is 0. The first-order valence-corrected chi connectivity index (χ1v) is 7.98. The summed E-state index contributed by atoms with van der Waals surface area (Å²) in [7, 11) is 4.63. The van der Waals surface area contributed by atoms with Crippen molar-refractivity contribution in [2.45, 2.75) is 6.54 Å². The van der Waals surface area contributed by atoms with Gasteiger partial charge >= 0.3 is 0 Å². The number of nitrogens with one attached hydrogen (secondary N) is 1. The highest BCUT2D eigenvalue weighted by Crippen LogP contribution is 2.18. The Labute approximate surface area is 154 Å². The van der Waals surface area contributed by atoms with Crippen LogP contribution in [0.1, 0.15) is 16.2 Å². The van der Waals surface area contributed by atoms with Crippen LogP contribution in [0.25, 0.3) is 0 Å². The maximum Gasteiger partial charge on any atom is 0.297 e. The molecular weight excluding hydrogens is 352 g/mol. The normalized spacial score (nSPS) is 10.5. The van der Waals surface area contributed by atoms with Crippen molar-refractivity contribution in [1.82, 2.24) is 19.7 Å². The monoisotopic (exact) mass is 370 g/mol. The molecule has 1 amide bonds. The first kappa shape index (κ1) is 18.1. The molecule has 0 unspecified atom stereocenters. The van der Waals surface area contributed by atoms with Gasteiger partial charge in [-0.1, -0.05) is 11.2 Å². The molecular formula is C17H18N6O4. The lowest BCUT2D eigenvalue weighted by molar-refractivity contribution is 0.101. The van der Waals surface area contributed by atoms with Crippen LogP contribution in [0.3, 0.4) is 0 Å². The highest BCUT2D eigenvalue weighted by atomic mass is 16.5. The van der Waals surface area contributed by atoms with Crippen molar-refractivity contribution in [2.24, 2.45) is 7.05 Å². The van der Waals surface area contributed by atoms with E-state index < -0.39 is 11.5 Å². The molecule has 3 aromatic heterocycles. The molecule has 3 heterocycles. The van der Waals surface area contributed by atoms with Crippen LogP contribution in [0.5, 0.6) is 5.75 Å². The van der Waals surface area contributed by atoms with E-state index in [-0.39, 0.29) is 11.4 Å². The second-order valence-corrected chi connectivity index (χ2v) is 5.70. The van der Waals surface area contributed by atoms with E-state index in [2.05, 4.69) is 25.0 Å². The standard InChI is InChI=1S/C17H18N6O4/c1-22(9-11-6-4-5-7-18-11)17-21-13(14(26-3)16(25)23(17)2)15(24)20-12-8-19-27-10-12/h4-8,10H,9H2,1-3H3,(H,20,24). The van der Waals surface area contributed by atoms with Gasteiger partial charge in [0.05, 0.1) is 25.5 Å². The molecule has 3 rings (SSSR count). The third kappa shape index (κ3) is 3.78. The number of nitrogens with zero attached hydrogens (tertiary/aromatic N) is 5. The summed E-state index contributed by atoms with van der Waals surface area (Å²) in [6.07, 6.45) is 4.28. The van der Waals surface area contributed by atoms with Crippen LogP contribution in [-0.2, 0) is 13.6 Å². The zero-order valence-electron chi connectivity index (χ0n) is 15.0. The van der Waals surface area contributed by atoms with E-state index in [0.29, 0.717) is 18.2 Å². The number of hydrogen-bond acceptors (Lipinski definition) is 8. The number of pyridine rings is 1. The largest absolute Gasteiger partial charge is 0.489 e. The molecule has 1 N–H and O–H groups in total. The van der Waals surface area contributed by atoms with Crippen molar-refractivity contribution >= 4 is 17.5 Å². The predicted octanol–water partition coefficient (Wildman–Crippen LogP) is 1.06. The number of amides is 1. The predicted molar refractivity (Wildman–Crippen MR) is 96.8 cm³/mol. The maximum absolute atomic E-state index is 12.7. The summed E-state index contributed by atoms with van der Waals surface area (Å²) in [5.74, 6) is -0.469. The van der Waals surface area contributed by atoms with Crippen molar-refractivity contribution in [3.8, 4) is 5.75 Å². The molecule has 0 saturated heterocycles. The van der Waals surface area contributed by atoms with E-state index in [1.165, 1.54) is 24.1 Å². The van der Waals surface area contributed by atoms with E-state index in [0.717, 1.165) is 5.69 Å². The summed E-state index contributed by atoms with van der Waals surface area (Å²) in [6.45, 7) is 0.403. The molecule has 10 nitrogen and oxygen atoms in total. The Hall–Kier alpha value is -3.69. The molecule has 0 aliphatic rings. The van der Waals surface area contributed by atoms with Gasteiger partial charge in [0.15, 0.2) is 5.69 Å². The maximum atomic E-state index is 12.7. The average molecular weight is 370 g/mol. The Kier molecular flexibility index (Phi) is 5.15. The van der Waals surface area contributed by atoms with Crippen LogP contribution in [0, 0.1) is 0 Å². The minimum absolute atomic E-state index is 0.135. The quantitative estimate of drug-likeness (QED) is 0.685. The topological polar surface area (TPSA) is 115 Å². The minimum Gasteiger partial charge on any atom is -0.489 e. The SMILES string of the molecule is COc1c(C(=O)Nc2cnoc2)nc(N(C)Cc2ccccn2)n(C)c1=O. The fourth-order valence-corrected chi connectivity index (χ4v) is 2.51. The van der Waals surface area contributed by atoms with Crippen LogP contribution < -0.4 is 20.5 Å². The first-order chi connectivity index (χ1) is 13.0. The number of carbonyl (C=O) groups excluding carboxylic acids is 1. The van der Waals surface area contributed by atoms with Crippen molar-refractivity contribution < 1.29 is 14.1 Å². The van der Waals surface area contributed by atoms with E-state index in [4.69, 9.17) is 4.74 Å². The van der Waals surface area contributed by atoms with Gasteiger partial charge in [-0.05, 0) is 12.1 Å². The Morgan fingerprint density at radius 1 is 1.41 bits per heavy atom. The average Bonchev–Trinajstić information content (AvgIpc) is 3.17.